The van der Waals surface area contributed by atoms with Crippen molar-refractivity contribution in [3.05, 3.63) is 34.9 Å². The third kappa shape index (κ3) is 2.97. The average molecular weight is 241 g/mol. The maximum absolute atomic E-state index is 6.17. The van der Waals surface area contributed by atoms with E-state index in [1.165, 1.54) is 5.56 Å². The second kappa shape index (κ2) is 5.17. The van der Waals surface area contributed by atoms with Crippen molar-refractivity contribution in [2.24, 2.45) is 0 Å². The average Bonchev–Trinajstić information content (AvgIpc) is 2.20. The molecule has 0 bridgehead atoms. The van der Waals surface area contributed by atoms with Crippen LogP contribution >= 0.6 is 11.6 Å². The summed E-state index contributed by atoms with van der Waals surface area (Å²) in [5.74, 6) is 0. The summed E-state index contributed by atoms with van der Waals surface area (Å²) >= 11 is 6.17. The molecule has 0 aromatic heterocycles. The normalized spacial score (nSPS) is 30.3. The monoisotopic (exact) mass is 240 g/mol. The van der Waals surface area contributed by atoms with E-state index in [9.17, 15) is 0 Å². The van der Waals surface area contributed by atoms with Gasteiger partial charge in [-0.3, -0.25) is 0 Å². The van der Waals surface area contributed by atoms with Gasteiger partial charge in [-0.05, 0) is 19.9 Å². The molecular formula is C13H19ClNO+. The number of hydrogen-bond acceptors (Lipinski definition) is 1. The second-order valence-corrected chi connectivity index (χ2v) is 5.09. The van der Waals surface area contributed by atoms with Gasteiger partial charge in [-0.1, -0.05) is 29.8 Å². The fraction of sp³-hybridized carbons (Fsp3) is 0.538. The van der Waals surface area contributed by atoms with Crippen LogP contribution in [-0.4, -0.2) is 25.3 Å². The number of benzene rings is 1. The number of nitrogens with one attached hydrogen (secondary N) is 1. The van der Waals surface area contributed by atoms with Gasteiger partial charge >= 0.3 is 0 Å². The summed E-state index contributed by atoms with van der Waals surface area (Å²) in [5.41, 5.74) is 1.24. The lowest BCUT2D eigenvalue weighted by Crippen LogP contribution is -3.14. The molecule has 1 fully saturated rings. The van der Waals surface area contributed by atoms with Crippen LogP contribution in [0.5, 0.6) is 0 Å². The molecule has 1 heterocycles. The van der Waals surface area contributed by atoms with E-state index in [2.05, 4.69) is 19.9 Å². The number of morpholine rings is 1. The molecule has 1 aliphatic rings. The standard InChI is InChI=1S/C13H18ClNO/c1-10-7-15(8-11(2)16-10)9-12-5-3-4-6-13(12)14/h3-6,10-11H,7-9H2,1-2H3/p+1/t10-,11-/m1/s1. The predicted molar refractivity (Wildman–Crippen MR) is 65.9 cm³/mol. The van der Waals surface area contributed by atoms with Crippen molar-refractivity contribution >= 4 is 11.6 Å². The van der Waals surface area contributed by atoms with Gasteiger partial charge in [0.15, 0.2) is 0 Å². The summed E-state index contributed by atoms with van der Waals surface area (Å²) in [6.45, 7) is 7.41. The zero-order valence-electron chi connectivity index (χ0n) is 9.87. The van der Waals surface area contributed by atoms with Crippen LogP contribution in [0, 0.1) is 0 Å². The number of ether oxygens (including phenoxy) is 1. The molecule has 1 aliphatic heterocycles. The molecule has 2 nitrogen and oxygen atoms in total. The third-order valence-electron chi connectivity index (χ3n) is 3.02. The lowest BCUT2D eigenvalue weighted by molar-refractivity contribution is -0.928. The van der Waals surface area contributed by atoms with E-state index in [1.54, 1.807) is 4.90 Å². The van der Waals surface area contributed by atoms with Crippen LogP contribution in [0.15, 0.2) is 24.3 Å². The van der Waals surface area contributed by atoms with Crippen LogP contribution < -0.4 is 4.90 Å². The molecule has 16 heavy (non-hydrogen) atoms. The summed E-state index contributed by atoms with van der Waals surface area (Å²) in [6, 6.07) is 8.10. The van der Waals surface area contributed by atoms with Crippen molar-refractivity contribution in [3.8, 4) is 0 Å². The van der Waals surface area contributed by atoms with Gasteiger partial charge in [0.05, 0.1) is 0 Å². The summed E-state index contributed by atoms with van der Waals surface area (Å²) in [5, 5.41) is 0.877. The van der Waals surface area contributed by atoms with Gasteiger partial charge in [-0.2, -0.15) is 0 Å². The minimum Gasteiger partial charge on any atom is -0.364 e. The highest BCUT2D eigenvalue weighted by molar-refractivity contribution is 6.31. The lowest BCUT2D eigenvalue weighted by atomic mass is 10.1. The SMILES string of the molecule is C[C@@H]1C[NH+](Cc2ccccc2Cl)C[C@@H](C)O1. The number of hydrogen-bond donors (Lipinski definition) is 1. The molecule has 3 heteroatoms. The summed E-state index contributed by atoms with van der Waals surface area (Å²) in [6.07, 6.45) is 0.697. The molecule has 0 saturated carbocycles. The molecule has 1 N–H and O–H groups in total. The van der Waals surface area contributed by atoms with Crippen molar-refractivity contribution in [3.63, 3.8) is 0 Å². The molecule has 1 aromatic rings. The minimum atomic E-state index is 0.348. The van der Waals surface area contributed by atoms with Gasteiger partial charge in [0.25, 0.3) is 0 Å². The molecule has 2 rings (SSSR count). The summed E-state index contributed by atoms with van der Waals surface area (Å²) < 4.78 is 5.73. The van der Waals surface area contributed by atoms with Crippen LogP contribution in [0.25, 0.3) is 0 Å². The number of quaternary nitrogens is 1. The van der Waals surface area contributed by atoms with Crippen LogP contribution in [-0.2, 0) is 11.3 Å². The molecule has 0 unspecified atom stereocenters. The molecule has 0 amide bonds. The van der Waals surface area contributed by atoms with Crippen LogP contribution in [0.1, 0.15) is 19.4 Å². The first-order valence-electron chi connectivity index (χ1n) is 5.87. The molecule has 1 saturated heterocycles. The topological polar surface area (TPSA) is 13.7 Å². The first-order valence-corrected chi connectivity index (χ1v) is 6.25. The Morgan fingerprint density at radius 3 is 2.50 bits per heavy atom. The van der Waals surface area contributed by atoms with Crippen molar-refractivity contribution in [1.82, 2.24) is 0 Å². The smallest absolute Gasteiger partial charge is 0.104 e. The molecule has 2 atom stereocenters. The Morgan fingerprint density at radius 2 is 1.88 bits per heavy atom. The lowest BCUT2D eigenvalue weighted by Gasteiger charge is -2.32. The zero-order chi connectivity index (χ0) is 11.5. The van der Waals surface area contributed by atoms with Crippen molar-refractivity contribution in [2.45, 2.75) is 32.6 Å². The molecule has 0 radical (unpaired) electrons. The van der Waals surface area contributed by atoms with Crippen molar-refractivity contribution in [2.75, 3.05) is 13.1 Å². The fourth-order valence-electron chi connectivity index (χ4n) is 2.44. The Kier molecular flexibility index (Phi) is 3.85. The van der Waals surface area contributed by atoms with E-state index >= 15 is 0 Å². The van der Waals surface area contributed by atoms with Crippen molar-refractivity contribution < 1.29 is 9.64 Å². The summed E-state index contributed by atoms with van der Waals surface area (Å²) in [7, 11) is 0. The molecule has 0 aliphatic carbocycles. The van der Waals surface area contributed by atoms with Gasteiger partial charge in [-0.15, -0.1) is 0 Å². The Bertz CT molecular complexity index is 346. The number of halogens is 1. The van der Waals surface area contributed by atoms with Gasteiger partial charge in [0.1, 0.15) is 31.8 Å². The third-order valence-corrected chi connectivity index (χ3v) is 3.38. The zero-order valence-corrected chi connectivity index (χ0v) is 10.6. The van der Waals surface area contributed by atoms with E-state index in [4.69, 9.17) is 16.3 Å². The number of rotatable bonds is 2. The van der Waals surface area contributed by atoms with E-state index in [0.29, 0.717) is 12.2 Å². The van der Waals surface area contributed by atoms with E-state index < -0.39 is 0 Å². The Labute approximate surface area is 102 Å². The first-order chi connectivity index (χ1) is 7.65. The maximum Gasteiger partial charge on any atom is 0.104 e. The van der Waals surface area contributed by atoms with Gasteiger partial charge in [0, 0.05) is 10.6 Å². The Hall–Kier alpha value is -0.570. The molecule has 1 aromatic carbocycles. The Balaban J connectivity index is 2.02. The first kappa shape index (κ1) is 11.9. The molecular weight excluding hydrogens is 222 g/mol. The van der Waals surface area contributed by atoms with Crippen LogP contribution in [0.3, 0.4) is 0 Å². The van der Waals surface area contributed by atoms with Gasteiger partial charge < -0.3 is 9.64 Å². The Morgan fingerprint density at radius 1 is 1.25 bits per heavy atom. The minimum absolute atomic E-state index is 0.348. The van der Waals surface area contributed by atoms with Gasteiger partial charge in [0.2, 0.25) is 0 Å². The molecule has 0 spiro atoms. The highest BCUT2D eigenvalue weighted by atomic mass is 35.5. The predicted octanol–water partition coefficient (Wildman–Crippen LogP) is 1.53. The largest absolute Gasteiger partial charge is 0.364 e. The summed E-state index contributed by atoms with van der Waals surface area (Å²) in [4.78, 5) is 1.55. The van der Waals surface area contributed by atoms with Gasteiger partial charge in [-0.25, -0.2) is 0 Å². The maximum atomic E-state index is 6.17. The highest BCUT2D eigenvalue weighted by Crippen LogP contribution is 2.13. The highest BCUT2D eigenvalue weighted by Gasteiger charge is 2.25. The van der Waals surface area contributed by atoms with Crippen molar-refractivity contribution in [1.29, 1.82) is 0 Å². The van der Waals surface area contributed by atoms with Crippen LogP contribution in [0.2, 0.25) is 5.02 Å². The van der Waals surface area contributed by atoms with Crippen LogP contribution in [0.4, 0.5) is 0 Å². The fourth-order valence-corrected chi connectivity index (χ4v) is 2.65. The van der Waals surface area contributed by atoms with E-state index in [0.717, 1.165) is 24.7 Å². The quantitative estimate of drug-likeness (QED) is 0.828. The van der Waals surface area contributed by atoms with E-state index in [1.807, 2.05) is 18.2 Å². The molecule has 88 valence electrons. The second-order valence-electron chi connectivity index (χ2n) is 4.68. The van der Waals surface area contributed by atoms with E-state index in [-0.39, 0.29) is 0 Å².